The van der Waals surface area contributed by atoms with E-state index in [1.807, 2.05) is 0 Å². The van der Waals surface area contributed by atoms with Gasteiger partial charge in [-0.1, -0.05) is 18.2 Å². The van der Waals surface area contributed by atoms with Crippen molar-refractivity contribution in [3.8, 4) is 0 Å². The Kier molecular flexibility index (Phi) is 7.76. The molecule has 4 rings (SSSR count). The summed E-state index contributed by atoms with van der Waals surface area (Å²) in [6.45, 7) is 0.00792. The fourth-order valence-corrected chi connectivity index (χ4v) is 4.84. The van der Waals surface area contributed by atoms with Gasteiger partial charge in [0.2, 0.25) is 0 Å². The molecule has 1 saturated heterocycles. The Bertz CT molecular complexity index is 1380. The molecule has 196 valence electrons. The third kappa shape index (κ3) is 5.67. The van der Waals surface area contributed by atoms with Crippen molar-refractivity contribution in [2.24, 2.45) is 0 Å². The maximum atomic E-state index is 13.6. The van der Waals surface area contributed by atoms with Gasteiger partial charge in [0, 0.05) is 30.8 Å². The van der Waals surface area contributed by atoms with Crippen LogP contribution in [0, 0.1) is 15.9 Å². The summed E-state index contributed by atoms with van der Waals surface area (Å²) < 4.78 is 13.4. The van der Waals surface area contributed by atoms with Gasteiger partial charge in [0.05, 0.1) is 22.3 Å². The van der Waals surface area contributed by atoms with Crippen molar-refractivity contribution in [2.45, 2.75) is 18.6 Å². The largest absolute Gasteiger partial charge is 0.481 e. The lowest BCUT2D eigenvalue weighted by atomic mass is 10.0. The van der Waals surface area contributed by atoms with E-state index in [2.05, 4.69) is 5.32 Å². The summed E-state index contributed by atoms with van der Waals surface area (Å²) >= 11 is 1.15. The van der Waals surface area contributed by atoms with Crippen LogP contribution >= 0.6 is 11.3 Å². The van der Waals surface area contributed by atoms with Gasteiger partial charge < -0.3 is 20.2 Å². The van der Waals surface area contributed by atoms with Crippen LogP contribution in [0.1, 0.15) is 38.1 Å². The number of rotatable bonds is 8. The number of thiophene rings is 1. The average Bonchev–Trinajstić information content (AvgIpc) is 3.58. The maximum Gasteiger partial charge on any atom is 0.305 e. The molecule has 0 aliphatic carbocycles. The number of nitrogens with one attached hydrogen (secondary N) is 1. The Morgan fingerprint density at radius 1 is 1.05 bits per heavy atom. The van der Waals surface area contributed by atoms with Crippen molar-refractivity contribution >= 4 is 40.7 Å². The van der Waals surface area contributed by atoms with Crippen LogP contribution < -0.4 is 5.32 Å². The standard InChI is InChI=1S/C25H21FN4O7S/c26-17-8-6-15(7-9-17)24(34)28-10-11-29(25(35)20-5-2-12-38-20)23(28)22(33)27-19(14-21(31)32)16-3-1-4-18(13-16)30(36)37/h1-9,12-13,19,23H,10-11,14H2,(H,27,33)(H,31,32). The number of aliphatic carboxylic acids is 1. The van der Waals surface area contributed by atoms with Gasteiger partial charge in [-0.25, -0.2) is 4.39 Å². The number of hydrogen-bond acceptors (Lipinski definition) is 7. The number of nitro benzene ring substituents is 1. The lowest BCUT2D eigenvalue weighted by Gasteiger charge is -2.30. The van der Waals surface area contributed by atoms with Gasteiger partial charge >= 0.3 is 5.97 Å². The number of carbonyl (C=O) groups is 4. The number of carboxylic acid groups (broad SMARTS) is 1. The van der Waals surface area contributed by atoms with E-state index in [0.29, 0.717) is 4.88 Å². The van der Waals surface area contributed by atoms with E-state index >= 15 is 0 Å². The lowest BCUT2D eigenvalue weighted by Crippen LogP contribution is -2.54. The zero-order valence-electron chi connectivity index (χ0n) is 19.7. The Labute approximate surface area is 219 Å². The van der Waals surface area contributed by atoms with E-state index < -0.39 is 53.1 Å². The topological polar surface area (TPSA) is 150 Å². The van der Waals surface area contributed by atoms with E-state index in [1.54, 1.807) is 17.5 Å². The molecule has 0 radical (unpaired) electrons. The van der Waals surface area contributed by atoms with Gasteiger partial charge in [-0.2, -0.15) is 0 Å². The minimum atomic E-state index is -1.45. The fraction of sp³-hybridized carbons (Fsp3) is 0.200. The van der Waals surface area contributed by atoms with Crippen LogP contribution in [-0.4, -0.2) is 62.8 Å². The molecule has 3 amide bonds. The molecule has 2 unspecified atom stereocenters. The van der Waals surface area contributed by atoms with Gasteiger partial charge in [0.15, 0.2) is 6.17 Å². The predicted octanol–water partition coefficient (Wildman–Crippen LogP) is 3.05. The summed E-state index contributed by atoms with van der Waals surface area (Å²) in [5, 5.41) is 24.9. The van der Waals surface area contributed by atoms with Crippen LogP contribution in [0.4, 0.5) is 10.1 Å². The molecule has 1 fully saturated rings. The molecular weight excluding hydrogens is 519 g/mol. The van der Waals surface area contributed by atoms with Gasteiger partial charge in [0.25, 0.3) is 23.4 Å². The van der Waals surface area contributed by atoms with Crippen molar-refractivity contribution in [1.29, 1.82) is 0 Å². The van der Waals surface area contributed by atoms with E-state index in [1.165, 1.54) is 35.2 Å². The number of halogens is 1. The first-order valence-corrected chi connectivity index (χ1v) is 12.2. The van der Waals surface area contributed by atoms with Crippen molar-refractivity contribution in [3.05, 3.63) is 98.0 Å². The SMILES string of the molecule is O=C(O)CC(NC(=O)C1N(C(=O)c2ccc(F)cc2)CCN1C(=O)c1cccs1)c1cccc([N+](=O)[O-])c1. The smallest absolute Gasteiger partial charge is 0.305 e. The van der Waals surface area contributed by atoms with Gasteiger partial charge in [-0.15, -0.1) is 11.3 Å². The van der Waals surface area contributed by atoms with E-state index in [9.17, 15) is 38.8 Å². The zero-order chi connectivity index (χ0) is 27.4. The molecule has 0 spiro atoms. The predicted molar refractivity (Wildman–Crippen MR) is 133 cm³/mol. The molecule has 11 nitrogen and oxygen atoms in total. The summed E-state index contributed by atoms with van der Waals surface area (Å²) in [7, 11) is 0. The van der Waals surface area contributed by atoms with Crippen LogP contribution in [0.5, 0.6) is 0 Å². The summed E-state index contributed by atoms with van der Waals surface area (Å²) in [5.41, 5.74) is -0.0356. The molecule has 0 bridgehead atoms. The van der Waals surface area contributed by atoms with Crippen LogP contribution in [-0.2, 0) is 9.59 Å². The summed E-state index contributed by atoms with van der Waals surface area (Å²) in [6.07, 6.45) is -2.05. The molecule has 1 aromatic heterocycles. The van der Waals surface area contributed by atoms with Crippen molar-refractivity contribution in [2.75, 3.05) is 13.1 Å². The minimum Gasteiger partial charge on any atom is -0.481 e. The number of nitro groups is 1. The normalized spacial score (nSPS) is 15.7. The first kappa shape index (κ1) is 26.4. The van der Waals surface area contributed by atoms with Gasteiger partial charge in [-0.3, -0.25) is 29.3 Å². The third-order valence-corrected chi connectivity index (χ3v) is 6.79. The molecule has 38 heavy (non-hydrogen) atoms. The highest BCUT2D eigenvalue weighted by atomic mass is 32.1. The van der Waals surface area contributed by atoms with Gasteiger partial charge in [0.1, 0.15) is 5.82 Å². The molecule has 2 atom stereocenters. The third-order valence-electron chi connectivity index (χ3n) is 5.93. The molecule has 0 saturated carbocycles. The number of non-ortho nitro benzene ring substituents is 1. The quantitative estimate of drug-likeness (QED) is 0.329. The molecular formula is C25H21FN4O7S. The second kappa shape index (κ2) is 11.2. The average molecular weight is 541 g/mol. The second-order valence-corrected chi connectivity index (χ2v) is 9.31. The van der Waals surface area contributed by atoms with Crippen LogP contribution in [0.25, 0.3) is 0 Å². The van der Waals surface area contributed by atoms with Crippen LogP contribution in [0.15, 0.2) is 66.0 Å². The van der Waals surface area contributed by atoms with Crippen LogP contribution in [0.2, 0.25) is 0 Å². The van der Waals surface area contributed by atoms with Crippen molar-refractivity contribution in [1.82, 2.24) is 15.1 Å². The summed E-state index contributed by atoms with van der Waals surface area (Å²) in [4.78, 5) is 65.0. The fourth-order valence-electron chi connectivity index (χ4n) is 4.16. The number of carbonyl (C=O) groups excluding carboxylic acids is 3. The molecule has 2 heterocycles. The maximum absolute atomic E-state index is 13.6. The number of nitrogens with zero attached hydrogens (tertiary/aromatic N) is 3. The van der Waals surface area contributed by atoms with E-state index in [-0.39, 0.29) is 29.9 Å². The lowest BCUT2D eigenvalue weighted by molar-refractivity contribution is -0.384. The van der Waals surface area contributed by atoms with E-state index in [0.717, 1.165) is 34.4 Å². The molecule has 1 aliphatic heterocycles. The Balaban J connectivity index is 1.68. The highest BCUT2D eigenvalue weighted by molar-refractivity contribution is 7.12. The molecule has 1 aliphatic rings. The van der Waals surface area contributed by atoms with Crippen molar-refractivity contribution in [3.63, 3.8) is 0 Å². The molecule has 2 N–H and O–H groups in total. The van der Waals surface area contributed by atoms with E-state index in [4.69, 9.17) is 0 Å². The number of benzene rings is 2. The zero-order valence-corrected chi connectivity index (χ0v) is 20.5. The van der Waals surface area contributed by atoms with Crippen LogP contribution in [0.3, 0.4) is 0 Å². The molecule has 3 aromatic rings. The number of carboxylic acids is 1. The highest BCUT2D eigenvalue weighted by Gasteiger charge is 2.44. The molecule has 13 heteroatoms. The Hall–Kier alpha value is -4.65. The number of amides is 3. The number of hydrogen-bond donors (Lipinski definition) is 2. The highest BCUT2D eigenvalue weighted by Crippen LogP contribution is 2.26. The van der Waals surface area contributed by atoms with Gasteiger partial charge in [-0.05, 0) is 41.3 Å². The Morgan fingerprint density at radius 2 is 1.74 bits per heavy atom. The molecule has 2 aromatic carbocycles. The summed E-state index contributed by atoms with van der Waals surface area (Å²) in [5.74, 6) is -3.81. The minimum absolute atomic E-state index is 0.00812. The first-order valence-electron chi connectivity index (χ1n) is 11.3. The summed E-state index contributed by atoms with van der Waals surface area (Å²) in [6, 6.07) is 11.9. The van der Waals surface area contributed by atoms with Crippen molar-refractivity contribution < 1.29 is 33.6 Å². The second-order valence-electron chi connectivity index (χ2n) is 8.37. The monoisotopic (exact) mass is 540 g/mol. The first-order chi connectivity index (χ1) is 18.2. The Morgan fingerprint density at radius 3 is 2.34 bits per heavy atom.